The molecule has 0 radical (unpaired) electrons. The number of carbonyl (C=O) groups is 2. The maximum absolute atomic E-state index is 12.3. The Labute approximate surface area is 140 Å². The molecule has 1 fully saturated rings. The lowest BCUT2D eigenvalue weighted by Gasteiger charge is -2.24. The molecule has 6 heteroatoms. The second-order valence-electron chi connectivity index (χ2n) is 6.17. The second kappa shape index (κ2) is 10.8. The first-order valence-corrected chi connectivity index (χ1v) is 8.33. The number of hydrogen-bond acceptors (Lipinski definition) is 3. The summed E-state index contributed by atoms with van der Waals surface area (Å²) in [6.45, 7) is 7.31. The third-order valence-electron chi connectivity index (χ3n) is 4.30. The van der Waals surface area contributed by atoms with E-state index in [1.54, 1.807) is 0 Å². The Morgan fingerprint density at radius 1 is 1.36 bits per heavy atom. The minimum absolute atomic E-state index is 0. The number of carbonyl (C=O) groups excluding carboxylic acids is 2. The van der Waals surface area contributed by atoms with Gasteiger partial charge in [0.25, 0.3) is 0 Å². The van der Waals surface area contributed by atoms with E-state index in [4.69, 9.17) is 5.73 Å². The summed E-state index contributed by atoms with van der Waals surface area (Å²) in [6, 6.07) is 0.264. The van der Waals surface area contributed by atoms with Crippen LogP contribution in [0.3, 0.4) is 0 Å². The van der Waals surface area contributed by atoms with Crippen LogP contribution < -0.4 is 11.1 Å². The average molecular weight is 334 g/mol. The molecule has 1 heterocycles. The summed E-state index contributed by atoms with van der Waals surface area (Å²) in [5.74, 6) is -0.123. The van der Waals surface area contributed by atoms with Crippen molar-refractivity contribution in [1.29, 1.82) is 0 Å². The molecule has 3 unspecified atom stereocenters. The largest absolute Gasteiger partial charge is 0.352 e. The normalized spacial score (nSPS) is 20.5. The zero-order chi connectivity index (χ0) is 15.8. The van der Waals surface area contributed by atoms with E-state index in [1.807, 2.05) is 4.90 Å². The van der Waals surface area contributed by atoms with E-state index < -0.39 is 0 Å². The topological polar surface area (TPSA) is 75.4 Å². The lowest BCUT2D eigenvalue weighted by Crippen LogP contribution is -2.44. The zero-order valence-corrected chi connectivity index (χ0v) is 15.0. The number of unbranched alkanes of at least 4 members (excludes halogenated alkanes) is 1. The maximum Gasteiger partial charge on any atom is 0.225 e. The fraction of sp³-hybridized carbons (Fsp3) is 0.875. The molecule has 0 spiro atoms. The summed E-state index contributed by atoms with van der Waals surface area (Å²) in [6.07, 6.45) is 5.44. The molecule has 1 aliphatic heterocycles. The van der Waals surface area contributed by atoms with Gasteiger partial charge in [-0.05, 0) is 19.8 Å². The van der Waals surface area contributed by atoms with Crippen molar-refractivity contribution in [2.45, 2.75) is 71.4 Å². The van der Waals surface area contributed by atoms with Crippen LogP contribution in [-0.4, -0.2) is 41.9 Å². The van der Waals surface area contributed by atoms with Crippen LogP contribution in [0.5, 0.6) is 0 Å². The molecule has 0 aliphatic carbocycles. The molecule has 1 saturated heterocycles. The monoisotopic (exact) mass is 333 g/mol. The van der Waals surface area contributed by atoms with Gasteiger partial charge in [-0.3, -0.25) is 9.59 Å². The molecule has 3 atom stereocenters. The predicted octanol–water partition coefficient (Wildman–Crippen LogP) is 2.08. The van der Waals surface area contributed by atoms with Crippen molar-refractivity contribution < 1.29 is 9.59 Å². The van der Waals surface area contributed by atoms with Crippen LogP contribution in [0.25, 0.3) is 0 Å². The summed E-state index contributed by atoms with van der Waals surface area (Å²) in [5.41, 5.74) is 5.71. The van der Waals surface area contributed by atoms with Crippen LogP contribution in [0.1, 0.15) is 59.3 Å². The Kier molecular flexibility index (Phi) is 10.4. The van der Waals surface area contributed by atoms with E-state index >= 15 is 0 Å². The minimum Gasteiger partial charge on any atom is -0.352 e. The Hall–Kier alpha value is -0.810. The van der Waals surface area contributed by atoms with E-state index in [9.17, 15) is 9.59 Å². The first kappa shape index (κ1) is 21.2. The highest BCUT2D eigenvalue weighted by atomic mass is 35.5. The first-order chi connectivity index (χ1) is 10.0. The summed E-state index contributed by atoms with van der Waals surface area (Å²) in [7, 11) is 0. The Balaban J connectivity index is 0.00000441. The highest BCUT2D eigenvalue weighted by molar-refractivity contribution is 5.89. The number of halogens is 1. The van der Waals surface area contributed by atoms with Crippen LogP contribution in [0.2, 0.25) is 0 Å². The van der Waals surface area contributed by atoms with Crippen molar-refractivity contribution in [3.63, 3.8) is 0 Å². The van der Waals surface area contributed by atoms with Gasteiger partial charge in [-0.25, -0.2) is 0 Å². The molecule has 0 aromatic rings. The molecule has 0 aromatic carbocycles. The van der Waals surface area contributed by atoms with Gasteiger partial charge in [0.1, 0.15) is 0 Å². The number of likely N-dealkylation sites (tertiary alicyclic amines) is 1. The van der Waals surface area contributed by atoms with Gasteiger partial charge in [0, 0.05) is 31.6 Å². The van der Waals surface area contributed by atoms with Gasteiger partial charge in [0.15, 0.2) is 0 Å². The van der Waals surface area contributed by atoms with E-state index in [2.05, 4.69) is 26.1 Å². The molecule has 130 valence electrons. The van der Waals surface area contributed by atoms with Crippen LogP contribution >= 0.6 is 12.4 Å². The van der Waals surface area contributed by atoms with Gasteiger partial charge in [-0.1, -0.05) is 33.1 Å². The maximum atomic E-state index is 12.3. The lowest BCUT2D eigenvalue weighted by molar-refractivity contribution is -0.130. The van der Waals surface area contributed by atoms with E-state index in [-0.39, 0.29) is 42.2 Å². The van der Waals surface area contributed by atoms with Gasteiger partial charge in [0.05, 0.1) is 5.92 Å². The molecule has 0 aromatic heterocycles. The van der Waals surface area contributed by atoms with Gasteiger partial charge in [0.2, 0.25) is 11.8 Å². The van der Waals surface area contributed by atoms with Crippen LogP contribution in [0, 0.1) is 5.92 Å². The third kappa shape index (κ3) is 6.13. The summed E-state index contributed by atoms with van der Waals surface area (Å²) < 4.78 is 0. The number of hydrogen-bond donors (Lipinski definition) is 2. The second-order valence-corrected chi connectivity index (χ2v) is 6.17. The summed E-state index contributed by atoms with van der Waals surface area (Å²) >= 11 is 0. The molecule has 3 N–H and O–H groups in total. The molecule has 2 amide bonds. The highest BCUT2D eigenvalue weighted by Gasteiger charge is 2.36. The van der Waals surface area contributed by atoms with Crippen LogP contribution in [0.4, 0.5) is 0 Å². The van der Waals surface area contributed by atoms with Gasteiger partial charge >= 0.3 is 0 Å². The van der Waals surface area contributed by atoms with Crippen molar-refractivity contribution >= 4 is 24.2 Å². The number of nitrogens with two attached hydrogens (primary N) is 1. The van der Waals surface area contributed by atoms with E-state index in [0.29, 0.717) is 19.5 Å². The van der Waals surface area contributed by atoms with Crippen LogP contribution in [0.15, 0.2) is 0 Å². The molecule has 22 heavy (non-hydrogen) atoms. The first-order valence-electron chi connectivity index (χ1n) is 8.33. The summed E-state index contributed by atoms with van der Waals surface area (Å²) in [5, 5.41) is 3.01. The molecule has 5 nitrogen and oxygen atoms in total. The lowest BCUT2D eigenvalue weighted by atomic mass is 10.1. The highest BCUT2D eigenvalue weighted by Crippen LogP contribution is 2.22. The number of rotatable bonds is 9. The van der Waals surface area contributed by atoms with Crippen molar-refractivity contribution in [2.24, 2.45) is 11.7 Å². The number of amides is 2. The molecule has 1 rings (SSSR count). The quantitative estimate of drug-likeness (QED) is 0.678. The van der Waals surface area contributed by atoms with E-state index in [0.717, 1.165) is 32.1 Å². The van der Waals surface area contributed by atoms with Crippen molar-refractivity contribution in [1.82, 2.24) is 10.2 Å². The summed E-state index contributed by atoms with van der Waals surface area (Å²) in [4.78, 5) is 26.2. The Morgan fingerprint density at radius 3 is 2.59 bits per heavy atom. The SMILES string of the molecule is CCCCC(CN)NC(=O)C1CC(=O)N(C(C)CCC)C1.Cl. The van der Waals surface area contributed by atoms with Crippen molar-refractivity contribution in [2.75, 3.05) is 13.1 Å². The fourth-order valence-corrected chi connectivity index (χ4v) is 2.93. The van der Waals surface area contributed by atoms with E-state index in [1.165, 1.54) is 0 Å². The molecular weight excluding hydrogens is 302 g/mol. The van der Waals surface area contributed by atoms with Gasteiger partial charge in [-0.15, -0.1) is 12.4 Å². The molecular formula is C16H32ClN3O2. The minimum atomic E-state index is -0.215. The molecule has 0 saturated carbocycles. The number of nitrogens with zero attached hydrogens (tertiary/aromatic N) is 1. The van der Waals surface area contributed by atoms with Gasteiger partial charge in [-0.2, -0.15) is 0 Å². The number of nitrogens with one attached hydrogen (secondary N) is 1. The average Bonchev–Trinajstić information content (AvgIpc) is 2.85. The zero-order valence-electron chi connectivity index (χ0n) is 14.1. The standard InChI is InChI=1S/C16H31N3O2.ClH/c1-4-6-8-14(10-17)18-16(21)13-9-15(20)19(11-13)12(3)7-5-2;/h12-14H,4-11,17H2,1-3H3,(H,18,21);1H. The predicted molar refractivity (Wildman–Crippen MR) is 91.9 cm³/mol. The molecule has 0 bridgehead atoms. The van der Waals surface area contributed by atoms with Crippen LogP contribution in [-0.2, 0) is 9.59 Å². The third-order valence-corrected chi connectivity index (χ3v) is 4.30. The Bertz CT molecular complexity index is 352. The smallest absolute Gasteiger partial charge is 0.225 e. The molecule has 1 aliphatic rings. The van der Waals surface area contributed by atoms with Crippen molar-refractivity contribution in [3.8, 4) is 0 Å². The fourth-order valence-electron chi connectivity index (χ4n) is 2.93. The Morgan fingerprint density at radius 2 is 2.05 bits per heavy atom. The van der Waals surface area contributed by atoms with Gasteiger partial charge < -0.3 is 16.0 Å². The van der Waals surface area contributed by atoms with Crippen molar-refractivity contribution in [3.05, 3.63) is 0 Å².